The van der Waals surface area contributed by atoms with Crippen LogP contribution in [0.4, 0.5) is 0 Å². The lowest BCUT2D eigenvalue weighted by molar-refractivity contribution is 0.264. The molecule has 1 N–H and O–H groups in total. The van der Waals surface area contributed by atoms with E-state index in [4.69, 9.17) is 12.2 Å². The molecule has 8 heteroatoms. The van der Waals surface area contributed by atoms with Gasteiger partial charge in [0.1, 0.15) is 0 Å². The van der Waals surface area contributed by atoms with Crippen LogP contribution in [0.25, 0.3) is 0 Å². The summed E-state index contributed by atoms with van der Waals surface area (Å²) in [7, 11) is -3.27. The van der Waals surface area contributed by atoms with Crippen LogP contribution in [0.2, 0.25) is 0 Å². The minimum absolute atomic E-state index is 0.0607. The third-order valence-corrected chi connectivity index (χ3v) is 6.86. The molecule has 0 atom stereocenters. The zero-order chi connectivity index (χ0) is 17.4. The molecule has 0 amide bonds. The molecule has 0 spiro atoms. The monoisotopic (exact) mass is 387 g/mol. The van der Waals surface area contributed by atoms with Crippen LogP contribution in [-0.2, 0) is 15.8 Å². The van der Waals surface area contributed by atoms with Crippen LogP contribution >= 0.6 is 24.0 Å². The van der Waals surface area contributed by atoms with Crippen molar-refractivity contribution in [1.82, 2.24) is 14.5 Å². The van der Waals surface area contributed by atoms with Crippen molar-refractivity contribution in [3.05, 3.63) is 35.9 Å². The van der Waals surface area contributed by atoms with Crippen molar-refractivity contribution in [2.45, 2.75) is 12.2 Å². The highest BCUT2D eigenvalue weighted by atomic mass is 32.2. The highest BCUT2D eigenvalue weighted by molar-refractivity contribution is 7.98. The Hall–Kier alpha value is -0.830. The van der Waals surface area contributed by atoms with Gasteiger partial charge in [-0.1, -0.05) is 30.3 Å². The Bertz CT molecular complexity index is 615. The number of rotatable bonds is 7. The minimum Gasteiger partial charge on any atom is -0.363 e. The minimum atomic E-state index is -3.27. The maximum atomic E-state index is 12.5. The van der Waals surface area contributed by atoms with Gasteiger partial charge in [-0.3, -0.25) is 0 Å². The quantitative estimate of drug-likeness (QED) is 0.568. The molecule has 1 aromatic carbocycles. The Balaban J connectivity index is 1.80. The molecule has 1 heterocycles. The van der Waals surface area contributed by atoms with E-state index in [2.05, 4.69) is 16.5 Å². The summed E-state index contributed by atoms with van der Waals surface area (Å²) < 4.78 is 26.6. The molecule has 0 saturated carbocycles. The number of thiocarbonyl (C=S) groups is 1. The zero-order valence-electron chi connectivity index (χ0n) is 14.0. The van der Waals surface area contributed by atoms with E-state index >= 15 is 0 Å². The van der Waals surface area contributed by atoms with E-state index in [9.17, 15) is 8.42 Å². The predicted octanol–water partition coefficient (Wildman–Crippen LogP) is 1.76. The standard InChI is InChI=1S/C16H25N3O2S3/c1-23-13-5-8-17-16(22)18-9-11-19(12-10-18)24(20,21)14-15-6-3-2-4-7-15/h2-4,6-7H,5,8-14H2,1H3,(H,17,22). The number of hydrogen-bond acceptors (Lipinski definition) is 4. The summed E-state index contributed by atoms with van der Waals surface area (Å²) in [6.45, 7) is 3.13. The Kier molecular flexibility index (Phi) is 7.80. The Morgan fingerprint density at radius 3 is 2.50 bits per heavy atom. The molecule has 5 nitrogen and oxygen atoms in total. The number of hydrogen-bond donors (Lipinski definition) is 1. The lowest BCUT2D eigenvalue weighted by atomic mass is 10.2. The molecule has 1 saturated heterocycles. The van der Waals surface area contributed by atoms with Gasteiger partial charge in [-0.25, -0.2) is 8.42 Å². The van der Waals surface area contributed by atoms with Crippen molar-refractivity contribution in [3.8, 4) is 0 Å². The summed E-state index contributed by atoms with van der Waals surface area (Å²) in [5.41, 5.74) is 0.825. The topological polar surface area (TPSA) is 52.6 Å². The van der Waals surface area contributed by atoms with Crippen molar-refractivity contribution < 1.29 is 8.42 Å². The van der Waals surface area contributed by atoms with Gasteiger partial charge in [0.15, 0.2) is 5.11 Å². The van der Waals surface area contributed by atoms with Gasteiger partial charge in [0, 0.05) is 32.7 Å². The third kappa shape index (κ3) is 5.91. The maximum Gasteiger partial charge on any atom is 0.218 e. The van der Waals surface area contributed by atoms with E-state index in [1.54, 1.807) is 4.31 Å². The Morgan fingerprint density at radius 2 is 1.88 bits per heavy atom. The number of thioether (sulfide) groups is 1. The largest absolute Gasteiger partial charge is 0.363 e. The molecular formula is C16H25N3O2S3. The van der Waals surface area contributed by atoms with Crippen LogP contribution in [-0.4, -0.2) is 67.5 Å². The third-order valence-electron chi connectivity index (χ3n) is 3.91. The molecule has 0 unspecified atom stereocenters. The smallest absolute Gasteiger partial charge is 0.218 e. The summed E-state index contributed by atoms with van der Waals surface area (Å²) in [5.74, 6) is 1.17. The summed E-state index contributed by atoms with van der Waals surface area (Å²) in [6, 6.07) is 9.32. The van der Waals surface area contributed by atoms with E-state index in [-0.39, 0.29) is 5.75 Å². The Morgan fingerprint density at radius 1 is 1.21 bits per heavy atom. The molecule has 0 bridgehead atoms. The van der Waals surface area contributed by atoms with Gasteiger partial charge in [-0.2, -0.15) is 16.1 Å². The molecule has 2 rings (SSSR count). The lowest BCUT2D eigenvalue weighted by Crippen LogP contribution is -2.53. The zero-order valence-corrected chi connectivity index (χ0v) is 16.4. The normalized spacial score (nSPS) is 16.1. The summed E-state index contributed by atoms with van der Waals surface area (Å²) >= 11 is 7.22. The van der Waals surface area contributed by atoms with Crippen LogP contribution < -0.4 is 5.32 Å². The van der Waals surface area contributed by atoms with Crippen molar-refractivity contribution in [3.63, 3.8) is 0 Å². The maximum absolute atomic E-state index is 12.5. The second-order valence-electron chi connectivity index (χ2n) is 5.71. The number of benzene rings is 1. The van der Waals surface area contributed by atoms with E-state index in [0.717, 1.165) is 29.4 Å². The number of nitrogens with one attached hydrogen (secondary N) is 1. The number of sulfonamides is 1. The van der Waals surface area contributed by atoms with E-state index < -0.39 is 10.0 Å². The highest BCUT2D eigenvalue weighted by Crippen LogP contribution is 2.13. The van der Waals surface area contributed by atoms with Crippen molar-refractivity contribution in [1.29, 1.82) is 0 Å². The van der Waals surface area contributed by atoms with Crippen LogP contribution in [0.5, 0.6) is 0 Å². The van der Waals surface area contributed by atoms with E-state index in [1.807, 2.05) is 42.1 Å². The fourth-order valence-electron chi connectivity index (χ4n) is 2.57. The second kappa shape index (κ2) is 9.60. The first-order valence-electron chi connectivity index (χ1n) is 8.06. The molecule has 134 valence electrons. The van der Waals surface area contributed by atoms with Crippen molar-refractivity contribution >= 4 is 39.1 Å². The molecule has 1 fully saturated rings. The van der Waals surface area contributed by atoms with Gasteiger partial charge in [-0.15, -0.1) is 0 Å². The molecule has 0 radical (unpaired) electrons. The fourth-order valence-corrected chi connectivity index (χ4v) is 4.80. The number of nitrogens with zero attached hydrogens (tertiary/aromatic N) is 2. The average molecular weight is 388 g/mol. The predicted molar refractivity (Wildman–Crippen MR) is 106 cm³/mol. The molecular weight excluding hydrogens is 362 g/mol. The molecule has 1 aliphatic heterocycles. The van der Waals surface area contributed by atoms with Gasteiger partial charge < -0.3 is 10.2 Å². The molecule has 24 heavy (non-hydrogen) atoms. The van der Waals surface area contributed by atoms with E-state index in [1.165, 1.54) is 0 Å². The first-order chi connectivity index (χ1) is 11.5. The average Bonchev–Trinajstić information content (AvgIpc) is 2.59. The van der Waals surface area contributed by atoms with Crippen LogP contribution in [0.3, 0.4) is 0 Å². The second-order valence-corrected chi connectivity index (χ2v) is 9.05. The van der Waals surface area contributed by atoms with Crippen LogP contribution in [0, 0.1) is 0 Å². The van der Waals surface area contributed by atoms with Gasteiger partial charge in [0.2, 0.25) is 10.0 Å². The molecule has 0 aromatic heterocycles. The molecule has 0 aliphatic carbocycles. The van der Waals surface area contributed by atoms with E-state index in [0.29, 0.717) is 26.2 Å². The molecule has 1 aromatic rings. The SMILES string of the molecule is CSCCCNC(=S)N1CCN(S(=O)(=O)Cc2ccccc2)CC1. The Labute approximate surface area is 154 Å². The van der Waals surface area contributed by atoms with Gasteiger partial charge in [-0.05, 0) is 36.2 Å². The molecule has 1 aliphatic rings. The fraction of sp³-hybridized carbons (Fsp3) is 0.562. The number of piperazine rings is 1. The lowest BCUT2D eigenvalue weighted by Gasteiger charge is -2.35. The first kappa shape index (κ1) is 19.5. The van der Waals surface area contributed by atoms with Crippen molar-refractivity contribution in [2.24, 2.45) is 0 Å². The van der Waals surface area contributed by atoms with Crippen molar-refractivity contribution in [2.75, 3.05) is 44.7 Å². The van der Waals surface area contributed by atoms with Gasteiger partial charge >= 0.3 is 0 Å². The summed E-state index contributed by atoms with van der Waals surface area (Å²) in [4.78, 5) is 2.06. The van der Waals surface area contributed by atoms with Crippen LogP contribution in [0.15, 0.2) is 30.3 Å². The van der Waals surface area contributed by atoms with Gasteiger partial charge in [0.05, 0.1) is 5.75 Å². The van der Waals surface area contributed by atoms with Gasteiger partial charge in [0.25, 0.3) is 0 Å². The summed E-state index contributed by atoms with van der Waals surface area (Å²) in [6.07, 6.45) is 3.17. The van der Waals surface area contributed by atoms with Crippen LogP contribution in [0.1, 0.15) is 12.0 Å². The summed E-state index contributed by atoms with van der Waals surface area (Å²) in [5, 5.41) is 3.99. The highest BCUT2D eigenvalue weighted by Gasteiger charge is 2.27. The first-order valence-corrected chi connectivity index (χ1v) is 11.5.